The third-order valence-corrected chi connectivity index (χ3v) is 3.72. The van der Waals surface area contributed by atoms with Crippen LogP contribution in [0.25, 0.3) is 22.9 Å². The van der Waals surface area contributed by atoms with Crippen LogP contribution in [0.2, 0.25) is 0 Å². The second-order valence-corrected chi connectivity index (χ2v) is 5.06. The summed E-state index contributed by atoms with van der Waals surface area (Å²) < 4.78 is 0. The van der Waals surface area contributed by atoms with E-state index in [1.165, 1.54) is 11.3 Å². The Morgan fingerprint density at radius 1 is 1.20 bits per heavy atom. The minimum Gasteiger partial charge on any atom is -0.362 e. The molecule has 0 saturated carbocycles. The van der Waals surface area contributed by atoms with Crippen molar-refractivity contribution in [1.82, 2.24) is 9.97 Å². The molecule has 2 aromatic heterocycles. The molecule has 0 aliphatic rings. The number of allylic oxidation sites excluding steroid dienone is 1. The summed E-state index contributed by atoms with van der Waals surface area (Å²) in [7, 11) is 0. The van der Waals surface area contributed by atoms with Crippen molar-refractivity contribution >= 4 is 23.0 Å². The molecule has 0 aliphatic heterocycles. The lowest BCUT2D eigenvalue weighted by Crippen LogP contribution is -1.82. The number of nitrogens with zero attached hydrogens (tertiary/aromatic N) is 2. The standard InChI is InChI=1S/C16H11N3S/c17-10-13(9-14-7-4-8-18-14)16-19-15(11-20-16)12-5-2-1-3-6-12/h1-9,11,18H/b13-9+. The zero-order valence-electron chi connectivity index (χ0n) is 10.6. The van der Waals surface area contributed by atoms with E-state index in [9.17, 15) is 5.26 Å². The van der Waals surface area contributed by atoms with Crippen molar-refractivity contribution in [3.8, 4) is 17.3 Å². The Morgan fingerprint density at radius 2 is 2.05 bits per heavy atom. The lowest BCUT2D eigenvalue weighted by Gasteiger charge is -1.95. The second-order valence-electron chi connectivity index (χ2n) is 4.20. The molecule has 0 fully saturated rings. The predicted molar refractivity (Wildman–Crippen MR) is 81.8 cm³/mol. The summed E-state index contributed by atoms with van der Waals surface area (Å²) >= 11 is 1.48. The third kappa shape index (κ3) is 2.53. The normalized spacial score (nSPS) is 11.2. The molecule has 0 spiro atoms. The second kappa shape index (κ2) is 5.55. The largest absolute Gasteiger partial charge is 0.362 e. The van der Waals surface area contributed by atoms with Crippen molar-refractivity contribution < 1.29 is 0 Å². The van der Waals surface area contributed by atoms with Crippen molar-refractivity contribution in [1.29, 1.82) is 5.26 Å². The highest BCUT2D eigenvalue weighted by Gasteiger charge is 2.08. The van der Waals surface area contributed by atoms with Crippen LogP contribution in [0.1, 0.15) is 10.7 Å². The van der Waals surface area contributed by atoms with Gasteiger partial charge in [0.2, 0.25) is 0 Å². The van der Waals surface area contributed by atoms with E-state index in [1.807, 2.05) is 60.1 Å². The van der Waals surface area contributed by atoms with Crippen LogP contribution < -0.4 is 0 Å². The van der Waals surface area contributed by atoms with Crippen LogP contribution >= 0.6 is 11.3 Å². The fraction of sp³-hybridized carbons (Fsp3) is 0. The Labute approximate surface area is 120 Å². The van der Waals surface area contributed by atoms with Gasteiger partial charge in [-0.05, 0) is 18.2 Å². The van der Waals surface area contributed by atoms with E-state index in [2.05, 4.69) is 16.0 Å². The zero-order valence-corrected chi connectivity index (χ0v) is 11.4. The smallest absolute Gasteiger partial charge is 0.134 e. The topological polar surface area (TPSA) is 52.5 Å². The maximum atomic E-state index is 9.29. The summed E-state index contributed by atoms with van der Waals surface area (Å²) in [6.07, 6.45) is 3.64. The Hall–Kier alpha value is -2.64. The van der Waals surface area contributed by atoms with E-state index in [-0.39, 0.29) is 0 Å². The van der Waals surface area contributed by atoms with E-state index in [0.717, 1.165) is 22.0 Å². The number of aromatic amines is 1. The molecule has 96 valence electrons. The highest BCUT2D eigenvalue weighted by molar-refractivity contribution is 7.11. The van der Waals surface area contributed by atoms with Gasteiger partial charge in [-0.1, -0.05) is 30.3 Å². The van der Waals surface area contributed by atoms with Gasteiger partial charge in [0, 0.05) is 22.8 Å². The first-order valence-electron chi connectivity index (χ1n) is 6.13. The summed E-state index contributed by atoms with van der Waals surface area (Å²) in [5.41, 5.74) is 3.43. The van der Waals surface area contributed by atoms with Gasteiger partial charge >= 0.3 is 0 Å². The highest BCUT2D eigenvalue weighted by atomic mass is 32.1. The highest BCUT2D eigenvalue weighted by Crippen LogP contribution is 2.26. The van der Waals surface area contributed by atoms with Crippen LogP contribution in [-0.4, -0.2) is 9.97 Å². The number of aromatic nitrogens is 2. The number of nitriles is 1. The molecule has 0 aliphatic carbocycles. The van der Waals surface area contributed by atoms with E-state index >= 15 is 0 Å². The number of H-pyrrole nitrogens is 1. The Balaban J connectivity index is 1.95. The molecule has 3 aromatic rings. The molecule has 0 radical (unpaired) electrons. The molecular formula is C16H11N3S. The van der Waals surface area contributed by atoms with Crippen molar-refractivity contribution in [2.45, 2.75) is 0 Å². The van der Waals surface area contributed by atoms with Gasteiger partial charge in [-0.15, -0.1) is 11.3 Å². The van der Waals surface area contributed by atoms with Gasteiger partial charge in [-0.3, -0.25) is 0 Å². The minimum absolute atomic E-state index is 0.569. The summed E-state index contributed by atoms with van der Waals surface area (Å²) in [6.45, 7) is 0. The summed E-state index contributed by atoms with van der Waals surface area (Å²) in [5.74, 6) is 0. The van der Waals surface area contributed by atoms with Crippen LogP contribution in [-0.2, 0) is 0 Å². The molecule has 0 atom stereocenters. The quantitative estimate of drug-likeness (QED) is 0.729. The molecular weight excluding hydrogens is 266 g/mol. The van der Waals surface area contributed by atoms with Gasteiger partial charge < -0.3 is 4.98 Å². The van der Waals surface area contributed by atoms with Gasteiger partial charge in [0.05, 0.1) is 11.3 Å². The maximum absolute atomic E-state index is 9.29. The lowest BCUT2D eigenvalue weighted by atomic mass is 10.2. The SMILES string of the molecule is N#C/C(=C\c1ccc[nH]1)c1nc(-c2ccccc2)cs1. The first-order valence-corrected chi connectivity index (χ1v) is 7.01. The summed E-state index contributed by atoms with van der Waals surface area (Å²) in [5, 5.41) is 12.0. The molecule has 20 heavy (non-hydrogen) atoms. The number of hydrogen-bond acceptors (Lipinski definition) is 3. The number of benzene rings is 1. The molecule has 0 unspecified atom stereocenters. The summed E-state index contributed by atoms with van der Waals surface area (Å²) in [4.78, 5) is 7.61. The molecule has 0 saturated heterocycles. The van der Waals surface area contributed by atoms with Gasteiger partial charge in [-0.2, -0.15) is 5.26 Å². The van der Waals surface area contributed by atoms with Crippen LogP contribution in [0.3, 0.4) is 0 Å². The monoisotopic (exact) mass is 277 g/mol. The van der Waals surface area contributed by atoms with Gasteiger partial charge in [0.15, 0.2) is 0 Å². The van der Waals surface area contributed by atoms with E-state index < -0.39 is 0 Å². The number of hydrogen-bond donors (Lipinski definition) is 1. The Morgan fingerprint density at radius 3 is 2.75 bits per heavy atom. The first kappa shape index (κ1) is 12.4. The van der Waals surface area contributed by atoms with E-state index in [1.54, 1.807) is 0 Å². The van der Waals surface area contributed by atoms with Crippen LogP contribution in [0, 0.1) is 11.3 Å². The van der Waals surface area contributed by atoms with Crippen molar-refractivity contribution in [3.05, 3.63) is 64.7 Å². The number of thiazole rings is 1. The van der Waals surface area contributed by atoms with Crippen molar-refractivity contribution in [2.75, 3.05) is 0 Å². The summed E-state index contributed by atoms with van der Waals surface area (Å²) in [6, 6.07) is 16.0. The van der Waals surface area contributed by atoms with E-state index in [4.69, 9.17) is 0 Å². The van der Waals surface area contributed by atoms with Gasteiger partial charge in [0.25, 0.3) is 0 Å². The van der Waals surface area contributed by atoms with Gasteiger partial charge in [0.1, 0.15) is 11.1 Å². The predicted octanol–water partition coefficient (Wildman–Crippen LogP) is 4.20. The fourth-order valence-electron chi connectivity index (χ4n) is 1.87. The van der Waals surface area contributed by atoms with Crippen molar-refractivity contribution in [3.63, 3.8) is 0 Å². The Bertz CT molecular complexity index is 762. The molecule has 3 nitrogen and oxygen atoms in total. The lowest BCUT2D eigenvalue weighted by molar-refractivity contribution is 1.36. The Kier molecular flexibility index (Phi) is 3.44. The van der Waals surface area contributed by atoms with E-state index in [0.29, 0.717) is 5.57 Å². The molecule has 2 heterocycles. The molecule has 0 bridgehead atoms. The van der Waals surface area contributed by atoms with Crippen LogP contribution in [0.5, 0.6) is 0 Å². The molecule has 3 rings (SSSR count). The minimum atomic E-state index is 0.569. The average molecular weight is 277 g/mol. The fourth-order valence-corrected chi connectivity index (χ4v) is 2.66. The zero-order chi connectivity index (χ0) is 13.8. The first-order chi connectivity index (χ1) is 9.86. The number of nitrogens with one attached hydrogen (secondary N) is 1. The molecule has 4 heteroatoms. The molecule has 1 N–H and O–H groups in total. The number of rotatable bonds is 3. The maximum Gasteiger partial charge on any atom is 0.134 e. The van der Waals surface area contributed by atoms with Gasteiger partial charge in [-0.25, -0.2) is 4.98 Å². The van der Waals surface area contributed by atoms with Crippen molar-refractivity contribution in [2.24, 2.45) is 0 Å². The third-order valence-electron chi connectivity index (χ3n) is 2.85. The average Bonchev–Trinajstić information content (AvgIpc) is 3.17. The molecule has 0 amide bonds. The van der Waals surface area contributed by atoms with Crippen LogP contribution in [0.15, 0.2) is 54.0 Å². The van der Waals surface area contributed by atoms with Crippen LogP contribution in [0.4, 0.5) is 0 Å². The molecule has 1 aromatic carbocycles.